The molecular weight excluding hydrogens is 288 g/mol. The monoisotopic (exact) mass is 312 g/mol. The van der Waals surface area contributed by atoms with Gasteiger partial charge < -0.3 is 14.7 Å². The number of aromatic carboxylic acids is 1. The van der Waals surface area contributed by atoms with Gasteiger partial charge in [-0.1, -0.05) is 25.2 Å². The Morgan fingerprint density at radius 3 is 2.67 bits per heavy atom. The summed E-state index contributed by atoms with van der Waals surface area (Å²) in [5.41, 5.74) is 0.733. The molecule has 1 aliphatic heterocycles. The van der Waals surface area contributed by atoms with Crippen molar-refractivity contribution in [2.45, 2.75) is 52.1 Å². The molecule has 118 valence electrons. The highest BCUT2D eigenvalue weighted by Crippen LogP contribution is 2.33. The van der Waals surface area contributed by atoms with Crippen LogP contribution in [-0.4, -0.2) is 41.9 Å². The first-order valence-corrected chi connectivity index (χ1v) is 8.49. The van der Waals surface area contributed by atoms with Crippen LogP contribution in [-0.2, 0) is 4.74 Å². The Morgan fingerprint density at radius 2 is 2.14 bits per heavy atom. The number of carboxylic acid groups (broad SMARTS) is 1. The summed E-state index contributed by atoms with van der Waals surface area (Å²) in [5, 5.41) is 10.2. The molecule has 5 nitrogen and oxygen atoms in total. The lowest BCUT2D eigenvalue weighted by Crippen LogP contribution is -2.37. The summed E-state index contributed by atoms with van der Waals surface area (Å²) in [5.74, 6) is -0.680. The fourth-order valence-electron chi connectivity index (χ4n) is 2.59. The van der Waals surface area contributed by atoms with Crippen LogP contribution in [0.25, 0.3) is 0 Å². The lowest BCUT2D eigenvalue weighted by molar-refractivity contribution is 0.0459. The summed E-state index contributed by atoms with van der Waals surface area (Å²) in [7, 11) is 0. The molecule has 1 fully saturated rings. The van der Waals surface area contributed by atoms with Gasteiger partial charge in [-0.2, -0.15) is 0 Å². The summed E-state index contributed by atoms with van der Waals surface area (Å²) in [6, 6.07) is 0. The lowest BCUT2D eigenvalue weighted by atomic mass is 10.0. The summed E-state index contributed by atoms with van der Waals surface area (Å²) < 4.78 is 5.65. The van der Waals surface area contributed by atoms with E-state index in [0.717, 1.165) is 49.8 Å². The third-order valence-corrected chi connectivity index (χ3v) is 5.15. The molecule has 1 aliphatic rings. The lowest BCUT2D eigenvalue weighted by Gasteiger charge is -2.31. The second-order valence-corrected chi connectivity index (χ2v) is 6.44. The van der Waals surface area contributed by atoms with Crippen molar-refractivity contribution in [3.8, 4) is 0 Å². The van der Waals surface area contributed by atoms with Crippen LogP contribution in [0, 0.1) is 0 Å². The molecule has 2 rings (SSSR count). The SMILES string of the molecule is CCOC1CCN(c2nc(C(C)CC)c(C(=O)O)s2)CC1. The Morgan fingerprint density at radius 1 is 1.48 bits per heavy atom. The molecule has 1 N–H and O–H groups in total. The van der Waals surface area contributed by atoms with Crippen molar-refractivity contribution in [2.75, 3.05) is 24.6 Å². The van der Waals surface area contributed by atoms with Gasteiger partial charge >= 0.3 is 5.97 Å². The fourth-order valence-corrected chi connectivity index (χ4v) is 3.66. The third kappa shape index (κ3) is 3.74. The van der Waals surface area contributed by atoms with Crippen LogP contribution in [0.2, 0.25) is 0 Å². The van der Waals surface area contributed by atoms with E-state index in [4.69, 9.17) is 4.74 Å². The third-order valence-electron chi connectivity index (χ3n) is 4.03. The minimum Gasteiger partial charge on any atom is -0.477 e. The van der Waals surface area contributed by atoms with Crippen LogP contribution in [0.15, 0.2) is 0 Å². The van der Waals surface area contributed by atoms with Crippen LogP contribution in [0.1, 0.15) is 61.3 Å². The van der Waals surface area contributed by atoms with Gasteiger partial charge in [0, 0.05) is 19.7 Å². The van der Waals surface area contributed by atoms with Crippen molar-refractivity contribution in [3.63, 3.8) is 0 Å². The van der Waals surface area contributed by atoms with Gasteiger partial charge in [0.25, 0.3) is 0 Å². The van der Waals surface area contributed by atoms with Crippen molar-refractivity contribution in [1.82, 2.24) is 4.98 Å². The van der Waals surface area contributed by atoms with Crippen molar-refractivity contribution < 1.29 is 14.6 Å². The van der Waals surface area contributed by atoms with E-state index in [0.29, 0.717) is 11.0 Å². The molecule has 0 saturated carbocycles. The van der Waals surface area contributed by atoms with E-state index < -0.39 is 5.97 Å². The van der Waals surface area contributed by atoms with Crippen molar-refractivity contribution in [3.05, 3.63) is 10.6 Å². The maximum absolute atomic E-state index is 11.4. The molecule has 0 radical (unpaired) electrons. The summed E-state index contributed by atoms with van der Waals surface area (Å²) in [6.45, 7) is 8.64. The summed E-state index contributed by atoms with van der Waals surface area (Å²) in [4.78, 5) is 18.6. The Labute approximate surface area is 129 Å². The number of nitrogens with zero attached hydrogens (tertiary/aromatic N) is 2. The number of rotatable bonds is 6. The quantitative estimate of drug-likeness (QED) is 0.872. The number of carboxylic acids is 1. The van der Waals surface area contributed by atoms with Crippen molar-refractivity contribution >= 4 is 22.4 Å². The maximum atomic E-state index is 11.4. The normalized spacial score (nSPS) is 18.0. The minimum absolute atomic E-state index is 0.182. The van der Waals surface area contributed by atoms with Crippen molar-refractivity contribution in [2.24, 2.45) is 0 Å². The van der Waals surface area contributed by atoms with Crippen LogP contribution in [0.3, 0.4) is 0 Å². The molecule has 21 heavy (non-hydrogen) atoms. The first-order valence-electron chi connectivity index (χ1n) is 7.67. The van der Waals surface area contributed by atoms with E-state index in [9.17, 15) is 9.90 Å². The number of ether oxygens (including phenoxy) is 1. The second-order valence-electron chi connectivity index (χ2n) is 5.47. The molecule has 6 heteroatoms. The highest BCUT2D eigenvalue weighted by atomic mass is 32.1. The van der Waals surface area contributed by atoms with Crippen LogP contribution in [0.5, 0.6) is 0 Å². The highest BCUT2D eigenvalue weighted by Gasteiger charge is 2.26. The molecule has 1 aromatic rings. The molecule has 0 aliphatic carbocycles. The molecular formula is C15H24N2O3S. The number of thiazole rings is 1. The van der Waals surface area contributed by atoms with E-state index in [1.165, 1.54) is 11.3 Å². The summed E-state index contributed by atoms with van der Waals surface area (Å²) in [6.07, 6.45) is 3.19. The first-order chi connectivity index (χ1) is 10.1. The van der Waals surface area contributed by atoms with Gasteiger partial charge in [-0.3, -0.25) is 0 Å². The molecule has 0 bridgehead atoms. The number of hydrogen-bond donors (Lipinski definition) is 1. The van der Waals surface area contributed by atoms with Gasteiger partial charge in [0.05, 0.1) is 11.8 Å². The van der Waals surface area contributed by atoms with E-state index >= 15 is 0 Å². The Balaban J connectivity index is 2.12. The first kappa shape index (κ1) is 16.2. The average Bonchev–Trinajstić information content (AvgIpc) is 2.93. The Bertz CT molecular complexity index is 481. The number of piperidine rings is 1. The zero-order chi connectivity index (χ0) is 15.4. The largest absolute Gasteiger partial charge is 0.477 e. The summed E-state index contributed by atoms with van der Waals surface area (Å²) >= 11 is 1.31. The molecule has 2 heterocycles. The fraction of sp³-hybridized carbons (Fsp3) is 0.733. The smallest absolute Gasteiger partial charge is 0.347 e. The maximum Gasteiger partial charge on any atom is 0.347 e. The number of carbonyl (C=O) groups is 1. The van der Waals surface area contributed by atoms with E-state index in [1.54, 1.807) is 0 Å². The molecule has 1 atom stereocenters. The van der Waals surface area contributed by atoms with Gasteiger partial charge in [-0.05, 0) is 32.1 Å². The van der Waals surface area contributed by atoms with E-state index in [1.807, 2.05) is 13.8 Å². The van der Waals surface area contributed by atoms with Gasteiger partial charge in [0.15, 0.2) is 5.13 Å². The average molecular weight is 312 g/mol. The number of aromatic nitrogens is 1. The minimum atomic E-state index is -0.863. The topological polar surface area (TPSA) is 62.7 Å². The Hall–Kier alpha value is -1.14. The molecule has 0 amide bonds. The molecule has 1 saturated heterocycles. The molecule has 1 unspecified atom stereocenters. The van der Waals surface area contributed by atoms with Gasteiger partial charge in [0.2, 0.25) is 0 Å². The van der Waals surface area contributed by atoms with Gasteiger partial charge in [0.1, 0.15) is 4.88 Å². The van der Waals surface area contributed by atoms with E-state index in [2.05, 4.69) is 16.8 Å². The number of hydrogen-bond acceptors (Lipinski definition) is 5. The molecule has 0 spiro atoms. The Kier molecular flexibility index (Phi) is 5.58. The van der Waals surface area contributed by atoms with Crippen LogP contribution >= 0.6 is 11.3 Å². The molecule has 0 aromatic carbocycles. The standard InChI is InChI=1S/C15H24N2O3S/c1-4-10(3)12-13(14(18)19)21-15(16-12)17-8-6-11(7-9-17)20-5-2/h10-11H,4-9H2,1-3H3,(H,18,19). The van der Waals surface area contributed by atoms with Gasteiger partial charge in [-0.25, -0.2) is 9.78 Å². The predicted octanol–water partition coefficient (Wildman–Crippen LogP) is 3.36. The second kappa shape index (κ2) is 7.22. The zero-order valence-electron chi connectivity index (χ0n) is 13.0. The zero-order valence-corrected chi connectivity index (χ0v) is 13.8. The van der Waals surface area contributed by atoms with E-state index in [-0.39, 0.29) is 5.92 Å². The number of anilines is 1. The molecule has 1 aromatic heterocycles. The van der Waals surface area contributed by atoms with Crippen molar-refractivity contribution in [1.29, 1.82) is 0 Å². The van der Waals surface area contributed by atoms with Gasteiger partial charge in [-0.15, -0.1) is 0 Å². The highest BCUT2D eigenvalue weighted by molar-refractivity contribution is 7.17. The van der Waals surface area contributed by atoms with Crippen LogP contribution in [0.4, 0.5) is 5.13 Å². The predicted molar refractivity (Wildman–Crippen MR) is 84.6 cm³/mol. The van der Waals surface area contributed by atoms with Crippen LogP contribution < -0.4 is 4.90 Å².